The molecule has 1 saturated heterocycles. The van der Waals surface area contributed by atoms with Gasteiger partial charge < -0.3 is 14.4 Å². The van der Waals surface area contributed by atoms with Gasteiger partial charge in [-0.1, -0.05) is 12.8 Å². The zero-order valence-corrected chi connectivity index (χ0v) is 15.7. The van der Waals surface area contributed by atoms with Crippen LogP contribution in [0.3, 0.4) is 0 Å². The van der Waals surface area contributed by atoms with Crippen LogP contribution in [-0.4, -0.2) is 56.0 Å². The maximum atomic E-state index is 12.6. The Labute approximate surface area is 154 Å². The highest BCUT2D eigenvalue weighted by atomic mass is 16.2. The molecule has 2 fully saturated rings. The van der Waals surface area contributed by atoms with Gasteiger partial charge >= 0.3 is 0 Å². The first kappa shape index (κ1) is 17.5. The summed E-state index contributed by atoms with van der Waals surface area (Å²) in [6, 6.07) is 0. The highest BCUT2D eigenvalue weighted by molar-refractivity contribution is 5.76. The molecular weight excluding hydrogens is 330 g/mol. The largest absolute Gasteiger partial charge is 0.343 e. The van der Waals surface area contributed by atoms with E-state index in [4.69, 9.17) is 0 Å². The maximum absolute atomic E-state index is 12.6. The fourth-order valence-electron chi connectivity index (χ4n) is 4.74. The molecule has 0 unspecified atom stereocenters. The second-order valence-electron chi connectivity index (χ2n) is 8.08. The van der Waals surface area contributed by atoms with E-state index >= 15 is 0 Å². The predicted octanol–water partition coefficient (Wildman–Crippen LogP) is 1.93. The van der Waals surface area contributed by atoms with Gasteiger partial charge in [0.2, 0.25) is 11.8 Å². The molecule has 4 rings (SSSR count). The Morgan fingerprint density at radius 3 is 2.38 bits per heavy atom. The molecule has 1 saturated carbocycles. The van der Waals surface area contributed by atoms with Crippen LogP contribution in [0.1, 0.15) is 69.4 Å². The summed E-state index contributed by atoms with van der Waals surface area (Å²) >= 11 is 0. The molecule has 3 aliphatic rings. The molecule has 2 aliphatic heterocycles. The van der Waals surface area contributed by atoms with Crippen LogP contribution in [0.15, 0.2) is 0 Å². The molecule has 0 atom stereocenters. The number of likely N-dealkylation sites (tertiary alicyclic amines) is 1. The van der Waals surface area contributed by atoms with Gasteiger partial charge in [-0.2, -0.15) is 0 Å². The number of piperidine rings is 1. The Morgan fingerprint density at radius 1 is 0.962 bits per heavy atom. The number of hydrogen-bond acceptors (Lipinski definition) is 4. The Balaban J connectivity index is 1.37. The van der Waals surface area contributed by atoms with Gasteiger partial charge in [0.1, 0.15) is 5.82 Å². The summed E-state index contributed by atoms with van der Waals surface area (Å²) in [5.41, 5.74) is 0. The van der Waals surface area contributed by atoms with Crippen molar-refractivity contribution >= 4 is 11.8 Å². The lowest BCUT2D eigenvalue weighted by molar-refractivity contribution is -0.133. The standard InChI is InChI=1S/C19H29N5O2/c1-14(25)22-8-6-16(7-9-22)19-21-20-17-13-23(10-11-24(17)19)18(26)12-15-4-2-3-5-15/h15-16H,2-13H2,1H3. The quantitative estimate of drug-likeness (QED) is 0.827. The monoisotopic (exact) mass is 359 g/mol. The van der Waals surface area contributed by atoms with E-state index in [-0.39, 0.29) is 11.8 Å². The van der Waals surface area contributed by atoms with E-state index in [1.807, 2.05) is 9.80 Å². The average Bonchev–Trinajstić information content (AvgIpc) is 3.30. The number of fused-ring (bicyclic) bond motifs is 1. The van der Waals surface area contributed by atoms with E-state index in [0.29, 0.717) is 24.8 Å². The van der Waals surface area contributed by atoms with Gasteiger partial charge in [0.25, 0.3) is 0 Å². The van der Waals surface area contributed by atoms with Crippen LogP contribution in [-0.2, 0) is 22.7 Å². The van der Waals surface area contributed by atoms with Crippen LogP contribution >= 0.6 is 0 Å². The summed E-state index contributed by atoms with van der Waals surface area (Å²) in [7, 11) is 0. The van der Waals surface area contributed by atoms with Crippen LogP contribution in [0.4, 0.5) is 0 Å². The Bertz CT molecular complexity index is 671. The third-order valence-electron chi connectivity index (χ3n) is 6.38. The number of hydrogen-bond donors (Lipinski definition) is 0. The average molecular weight is 359 g/mol. The van der Waals surface area contributed by atoms with Crippen molar-refractivity contribution in [2.24, 2.45) is 5.92 Å². The maximum Gasteiger partial charge on any atom is 0.223 e. The molecule has 26 heavy (non-hydrogen) atoms. The van der Waals surface area contributed by atoms with E-state index in [2.05, 4.69) is 14.8 Å². The molecule has 1 aromatic heterocycles. The molecule has 0 spiro atoms. The molecule has 0 radical (unpaired) electrons. The normalized spacial score (nSPS) is 21.9. The van der Waals surface area contributed by atoms with Crippen molar-refractivity contribution in [2.45, 2.75) is 70.9 Å². The molecule has 7 heteroatoms. The summed E-state index contributed by atoms with van der Waals surface area (Å²) in [4.78, 5) is 28.0. The summed E-state index contributed by atoms with van der Waals surface area (Å²) in [6.45, 7) is 5.38. The lowest BCUT2D eigenvalue weighted by Crippen LogP contribution is -2.40. The minimum Gasteiger partial charge on any atom is -0.343 e. The zero-order chi connectivity index (χ0) is 18.1. The topological polar surface area (TPSA) is 71.3 Å². The van der Waals surface area contributed by atoms with Crippen molar-refractivity contribution in [1.29, 1.82) is 0 Å². The number of rotatable bonds is 3. The van der Waals surface area contributed by atoms with Gasteiger partial charge in [-0.15, -0.1) is 10.2 Å². The van der Waals surface area contributed by atoms with E-state index in [0.717, 1.165) is 50.7 Å². The fourth-order valence-corrected chi connectivity index (χ4v) is 4.74. The van der Waals surface area contributed by atoms with Gasteiger partial charge in [-0.25, -0.2) is 0 Å². The lowest BCUT2D eigenvalue weighted by atomic mass is 9.95. The first-order chi connectivity index (χ1) is 12.6. The number of aromatic nitrogens is 3. The lowest BCUT2D eigenvalue weighted by Gasteiger charge is -2.33. The van der Waals surface area contributed by atoms with Crippen LogP contribution in [0.2, 0.25) is 0 Å². The van der Waals surface area contributed by atoms with Crippen LogP contribution in [0.25, 0.3) is 0 Å². The third kappa shape index (κ3) is 3.48. The Hall–Kier alpha value is -1.92. The van der Waals surface area contributed by atoms with Gasteiger partial charge in [0.05, 0.1) is 6.54 Å². The Morgan fingerprint density at radius 2 is 1.69 bits per heavy atom. The summed E-state index contributed by atoms with van der Waals surface area (Å²) in [6.07, 6.45) is 7.56. The number of carbonyl (C=O) groups is 2. The predicted molar refractivity (Wildman–Crippen MR) is 96.2 cm³/mol. The van der Waals surface area contributed by atoms with Gasteiger partial charge in [0.15, 0.2) is 5.82 Å². The number of carbonyl (C=O) groups excluding carboxylic acids is 2. The highest BCUT2D eigenvalue weighted by Crippen LogP contribution is 2.30. The van der Waals surface area contributed by atoms with Crippen molar-refractivity contribution < 1.29 is 9.59 Å². The molecule has 7 nitrogen and oxygen atoms in total. The minimum atomic E-state index is 0.156. The van der Waals surface area contributed by atoms with Gasteiger partial charge in [-0.05, 0) is 31.6 Å². The molecule has 0 bridgehead atoms. The SMILES string of the molecule is CC(=O)N1CCC(c2nnc3n2CCN(C(=O)CC2CCCC2)C3)CC1. The van der Waals surface area contributed by atoms with Crippen molar-refractivity contribution in [2.75, 3.05) is 19.6 Å². The van der Waals surface area contributed by atoms with Gasteiger partial charge in [-0.3, -0.25) is 9.59 Å². The second kappa shape index (κ2) is 7.37. The smallest absolute Gasteiger partial charge is 0.223 e. The van der Waals surface area contributed by atoms with Crippen LogP contribution < -0.4 is 0 Å². The highest BCUT2D eigenvalue weighted by Gasteiger charge is 2.31. The van der Waals surface area contributed by atoms with Crippen molar-refractivity contribution in [1.82, 2.24) is 24.6 Å². The molecule has 1 aromatic rings. The molecule has 142 valence electrons. The summed E-state index contributed by atoms with van der Waals surface area (Å²) < 4.78 is 2.22. The minimum absolute atomic E-state index is 0.156. The van der Waals surface area contributed by atoms with Gasteiger partial charge in [0, 0.05) is 45.4 Å². The molecule has 0 N–H and O–H groups in total. The second-order valence-corrected chi connectivity index (χ2v) is 8.08. The van der Waals surface area contributed by atoms with Crippen molar-refractivity contribution in [3.63, 3.8) is 0 Å². The molecular formula is C19H29N5O2. The van der Waals surface area contributed by atoms with E-state index < -0.39 is 0 Å². The first-order valence-electron chi connectivity index (χ1n) is 10.1. The van der Waals surface area contributed by atoms with E-state index in [9.17, 15) is 9.59 Å². The molecule has 1 aliphatic carbocycles. The number of amides is 2. The van der Waals surface area contributed by atoms with Crippen LogP contribution in [0.5, 0.6) is 0 Å². The first-order valence-corrected chi connectivity index (χ1v) is 10.1. The number of nitrogens with zero attached hydrogens (tertiary/aromatic N) is 5. The van der Waals surface area contributed by atoms with E-state index in [1.54, 1.807) is 6.92 Å². The molecule has 3 heterocycles. The molecule has 2 amide bonds. The summed E-state index contributed by atoms with van der Waals surface area (Å²) in [5.74, 6) is 3.36. The van der Waals surface area contributed by atoms with Crippen molar-refractivity contribution in [3.05, 3.63) is 11.6 Å². The third-order valence-corrected chi connectivity index (χ3v) is 6.38. The zero-order valence-electron chi connectivity index (χ0n) is 15.7. The summed E-state index contributed by atoms with van der Waals surface area (Å²) in [5, 5.41) is 8.85. The Kier molecular flexibility index (Phi) is 4.96. The molecule has 0 aromatic carbocycles. The van der Waals surface area contributed by atoms with Crippen LogP contribution in [0, 0.1) is 5.92 Å². The fraction of sp³-hybridized carbons (Fsp3) is 0.789. The van der Waals surface area contributed by atoms with Crippen molar-refractivity contribution in [3.8, 4) is 0 Å². The van der Waals surface area contributed by atoms with E-state index in [1.165, 1.54) is 25.7 Å².